The van der Waals surface area contributed by atoms with Gasteiger partial charge in [-0.15, -0.1) is 0 Å². The van der Waals surface area contributed by atoms with E-state index in [0.717, 1.165) is 31.2 Å². The summed E-state index contributed by atoms with van der Waals surface area (Å²) in [6.45, 7) is 0. The van der Waals surface area contributed by atoms with Gasteiger partial charge in [-0.3, -0.25) is 9.59 Å². The van der Waals surface area contributed by atoms with E-state index >= 15 is 0 Å². The SMILES string of the molecule is NC(=O)CC(NC(=O)Cc1ccc(C(=O)O)cc1)C1CCCCC1. The molecule has 0 spiro atoms. The molecule has 0 saturated heterocycles. The van der Waals surface area contributed by atoms with Crippen LogP contribution in [0, 0.1) is 5.92 Å². The Hall–Kier alpha value is -2.37. The van der Waals surface area contributed by atoms with Crippen LogP contribution in [0.15, 0.2) is 24.3 Å². The number of primary amides is 1. The summed E-state index contributed by atoms with van der Waals surface area (Å²) in [7, 11) is 0. The molecule has 0 aromatic heterocycles. The van der Waals surface area contributed by atoms with E-state index in [9.17, 15) is 14.4 Å². The van der Waals surface area contributed by atoms with Crippen LogP contribution in [0.3, 0.4) is 0 Å². The number of aromatic carboxylic acids is 1. The zero-order valence-corrected chi connectivity index (χ0v) is 13.7. The number of benzene rings is 1. The molecule has 130 valence electrons. The first-order chi connectivity index (χ1) is 11.5. The lowest BCUT2D eigenvalue weighted by atomic mass is 9.82. The van der Waals surface area contributed by atoms with Gasteiger partial charge in [0, 0.05) is 12.5 Å². The topological polar surface area (TPSA) is 109 Å². The Morgan fingerprint density at radius 1 is 1.12 bits per heavy atom. The fraction of sp³-hybridized carbons (Fsp3) is 0.500. The van der Waals surface area contributed by atoms with Gasteiger partial charge in [0.1, 0.15) is 0 Å². The lowest BCUT2D eigenvalue weighted by Gasteiger charge is -2.30. The van der Waals surface area contributed by atoms with Gasteiger partial charge in [-0.25, -0.2) is 4.79 Å². The Kier molecular flexibility index (Phi) is 6.35. The number of carboxylic acids is 1. The van der Waals surface area contributed by atoms with Gasteiger partial charge in [0.25, 0.3) is 0 Å². The van der Waals surface area contributed by atoms with Crippen molar-refractivity contribution in [2.24, 2.45) is 11.7 Å². The minimum Gasteiger partial charge on any atom is -0.478 e. The van der Waals surface area contributed by atoms with Crippen molar-refractivity contribution >= 4 is 17.8 Å². The largest absolute Gasteiger partial charge is 0.478 e. The molecule has 1 atom stereocenters. The van der Waals surface area contributed by atoms with Crippen LogP contribution in [0.1, 0.15) is 54.4 Å². The third-order valence-corrected chi connectivity index (χ3v) is 4.55. The number of amides is 2. The Morgan fingerprint density at radius 2 is 1.75 bits per heavy atom. The number of carboxylic acid groups (broad SMARTS) is 1. The molecule has 1 aliphatic carbocycles. The van der Waals surface area contributed by atoms with E-state index in [1.165, 1.54) is 18.6 Å². The molecule has 6 nitrogen and oxygen atoms in total. The van der Waals surface area contributed by atoms with Gasteiger partial charge in [0.2, 0.25) is 11.8 Å². The second kappa shape index (κ2) is 8.47. The number of hydrogen-bond donors (Lipinski definition) is 3. The van der Waals surface area contributed by atoms with Crippen LogP contribution < -0.4 is 11.1 Å². The van der Waals surface area contributed by atoms with Crippen LogP contribution in [0.25, 0.3) is 0 Å². The zero-order chi connectivity index (χ0) is 17.5. The maximum Gasteiger partial charge on any atom is 0.335 e. The third-order valence-electron chi connectivity index (χ3n) is 4.55. The van der Waals surface area contributed by atoms with E-state index in [4.69, 9.17) is 10.8 Å². The summed E-state index contributed by atoms with van der Waals surface area (Å²) in [5.74, 6) is -1.28. The van der Waals surface area contributed by atoms with Crippen molar-refractivity contribution < 1.29 is 19.5 Å². The van der Waals surface area contributed by atoms with Crippen molar-refractivity contribution in [2.75, 3.05) is 0 Å². The van der Waals surface area contributed by atoms with Crippen molar-refractivity contribution in [1.29, 1.82) is 0 Å². The lowest BCUT2D eigenvalue weighted by Crippen LogP contribution is -2.44. The first-order valence-electron chi connectivity index (χ1n) is 8.35. The van der Waals surface area contributed by atoms with Gasteiger partial charge in [0.15, 0.2) is 0 Å². The molecule has 1 saturated carbocycles. The number of carbonyl (C=O) groups excluding carboxylic acids is 2. The average molecular weight is 332 g/mol. The summed E-state index contributed by atoms with van der Waals surface area (Å²) in [6, 6.07) is 6.01. The van der Waals surface area contributed by atoms with E-state index in [-0.39, 0.29) is 30.4 Å². The predicted molar refractivity (Wildman–Crippen MR) is 89.4 cm³/mol. The first kappa shape index (κ1) is 18.0. The Balaban J connectivity index is 1.95. The van der Waals surface area contributed by atoms with Crippen molar-refractivity contribution in [3.8, 4) is 0 Å². The number of nitrogens with two attached hydrogens (primary N) is 1. The highest BCUT2D eigenvalue weighted by molar-refractivity contribution is 5.88. The third kappa shape index (κ3) is 5.37. The fourth-order valence-corrected chi connectivity index (χ4v) is 3.30. The average Bonchev–Trinajstić information content (AvgIpc) is 2.55. The monoisotopic (exact) mass is 332 g/mol. The molecule has 24 heavy (non-hydrogen) atoms. The van der Waals surface area contributed by atoms with Gasteiger partial charge >= 0.3 is 5.97 Å². The number of carbonyl (C=O) groups is 3. The van der Waals surface area contributed by atoms with E-state index < -0.39 is 11.9 Å². The second-order valence-electron chi connectivity index (χ2n) is 6.42. The van der Waals surface area contributed by atoms with Crippen molar-refractivity contribution in [2.45, 2.75) is 51.0 Å². The molecule has 2 amide bonds. The molecular weight excluding hydrogens is 308 g/mol. The smallest absolute Gasteiger partial charge is 0.335 e. The molecular formula is C18H24N2O4. The quantitative estimate of drug-likeness (QED) is 0.708. The molecule has 0 heterocycles. The predicted octanol–water partition coefficient (Wildman–Crippen LogP) is 1.87. The molecule has 0 radical (unpaired) electrons. The number of hydrogen-bond acceptors (Lipinski definition) is 3. The normalized spacial score (nSPS) is 16.3. The van der Waals surface area contributed by atoms with Gasteiger partial charge in [-0.05, 0) is 36.5 Å². The van der Waals surface area contributed by atoms with E-state index in [1.54, 1.807) is 12.1 Å². The zero-order valence-electron chi connectivity index (χ0n) is 13.7. The summed E-state index contributed by atoms with van der Waals surface area (Å²) in [5.41, 5.74) is 6.25. The standard InChI is InChI=1S/C18H24N2O4/c19-16(21)11-15(13-4-2-1-3-5-13)20-17(22)10-12-6-8-14(9-7-12)18(23)24/h6-9,13,15H,1-5,10-11H2,(H2,19,21)(H,20,22)(H,23,24). The molecule has 6 heteroatoms. The minimum absolute atomic E-state index is 0.155. The van der Waals surface area contributed by atoms with E-state index in [0.29, 0.717) is 5.92 Å². The highest BCUT2D eigenvalue weighted by Gasteiger charge is 2.26. The van der Waals surface area contributed by atoms with Crippen LogP contribution in [0.5, 0.6) is 0 Å². The molecule has 0 aliphatic heterocycles. The maximum absolute atomic E-state index is 12.3. The van der Waals surface area contributed by atoms with Gasteiger partial charge < -0.3 is 16.2 Å². The highest BCUT2D eigenvalue weighted by atomic mass is 16.4. The van der Waals surface area contributed by atoms with Crippen molar-refractivity contribution in [1.82, 2.24) is 5.32 Å². The van der Waals surface area contributed by atoms with Gasteiger partial charge in [-0.1, -0.05) is 31.4 Å². The van der Waals surface area contributed by atoms with Crippen molar-refractivity contribution in [3.63, 3.8) is 0 Å². The van der Waals surface area contributed by atoms with Crippen molar-refractivity contribution in [3.05, 3.63) is 35.4 Å². The lowest BCUT2D eigenvalue weighted by molar-refractivity contribution is -0.122. The molecule has 1 unspecified atom stereocenters. The molecule has 4 N–H and O–H groups in total. The van der Waals surface area contributed by atoms with Crippen LogP contribution in [-0.2, 0) is 16.0 Å². The Labute approximate surface area is 141 Å². The molecule has 1 aromatic rings. The minimum atomic E-state index is -0.996. The van der Waals surface area contributed by atoms with Crippen LogP contribution in [0.2, 0.25) is 0 Å². The first-order valence-corrected chi connectivity index (χ1v) is 8.35. The maximum atomic E-state index is 12.3. The molecule has 0 bridgehead atoms. The van der Waals surface area contributed by atoms with Crippen LogP contribution in [0.4, 0.5) is 0 Å². The van der Waals surface area contributed by atoms with Gasteiger partial charge in [-0.2, -0.15) is 0 Å². The molecule has 1 aliphatic rings. The summed E-state index contributed by atoms with van der Waals surface area (Å²) >= 11 is 0. The summed E-state index contributed by atoms with van der Waals surface area (Å²) in [4.78, 5) is 34.4. The second-order valence-corrected chi connectivity index (χ2v) is 6.42. The molecule has 1 aromatic carbocycles. The molecule has 2 rings (SSSR count). The summed E-state index contributed by atoms with van der Waals surface area (Å²) in [5, 5.41) is 11.8. The highest BCUT2D eigenvalue weighted by Crippen LogP contribution is 2.27. The van der Waals surface area contributed by atoms with Crippen LogP contribution in [-0.4, -0.2) is 28.9 Å². The summed E-state index contributed by atoms with van der Waals surface area (Å²) in [6.07, 6.45) is 5.76. The van der Waals surface area contributed by atoms with Crippen LogP contribution >= 0.6 is 0 Å². The fourth-order valence-electron chi connectivity index (χ4n) is 3.30. The van der Waals surface area contributed by atoms with E-state index in [2.05, 4.69) is 5.32 Å². The number of nitrogens with one attached hydrogen (secondary N) is 1. The Morgan fingerprint density at radius 3 is 2.29 bits per heavy atom. The molecule has 1 fully saturated rings. The summed E-state index contributed by atoms with van der Waals surface area (Å²) < 4.78 is 0. The number of rotatable bonds is 7. The van der Waals surface area contributed by atoms with E-state index in [1.807, 2.05) is 0 Å². The van der Waals surface area contributed by atoms with Gasteiger partial charge in [0.05, 0.1) is 12.0 Å². The Bertz CT molecular complexity index is 592.